The Kier molecular flexibility index (Phi) is 7.38. The van der Waals surface area contributed by atoms with E-state index in [1.165, 1.54) is 21.9 Å². The van der Waals surface area contributed by atoms with Gasteiger partial charge in [0.15, 0.2) is 0 Å². The zero-order valence-corrected chi connectivity index (χ0v) is 22.4. The maximum absolute atomic E-state index is 12.9. The number of carbonyl (C=O) groups is 1. The fourth-order valence-corrected chi connectivity index (χ4v) is 6.29. The molecule has 2 atom stereocenters. The molecule has 1 saturated heterocycles. The van der Waals surface area contributed by atoms with Gasteiger partial charge in [-0.15, -0.1) is 0 Å². The number of nitrogens with one attached hydrogen (secondary N) is 1. The highest BCUT2D eigenvalue weighted by Gasteiger charge is 2.33. The average molecular weight is 535 g/mol. The third-order valence-electron chi connectivity index (χ3n) is 8.22. The van der Waals surface area contributed by atoms with Gasteiger partial charge in [0.05, 0.1) is 11.0 Å². The SMILES string of the molecule is O=C(O)N1CCC(n2c(=O)[nH]c3ccccc32)CC1CCN(Cc1ccccc1)Cc1cccc2ccccc12. The lowest BCUT2D eigenvalue weighted by atomic mass is 9.94. The number of piperidine rings is 1. The van der Waals surface area contributed by atoms with Crippen LogP contribution in [0.3, 0.4) is 0 Å². The number of aromatic amines is 1. The Balaban J connectivity index is 1.25. The number of rotatable bonds is 8. The van der Waals surface area contributed by atoms with Crippen LogP contribution in [0.15, 0.2) is 102 Å². The molecule has 1 aliphatic rings. The maximum Gasteiger partial charge on any atom is 0.407 e. The van der Waals surface area contributed by atoms with Crippen LogP contribution in [0.4, 0.5) is 4.79 Å². The number of fused-ring (bicyclic) bond motifs is 2. The van der Waals surface area contributed by atoms with Crippen molar-refractivity contribution in [1.82, 2.24) is 19.4 Å². The van der Waals surface area contributed by atoms with Gasteiger partial charge in [-0.3, -0.25) is 9.47 Å². The second-order valence-corrected chi connectivity index (χ2v) is 10.7. The van der Waals surface area contributed by atoms with E-state index in [0.29, 0.717) is 25.8 Å². The van der Waals surface area contributed by atoms with Gasteiger partial charge in [-0.1, -0.05) is 84.9 Å². The minimum atomic E-state index is -0.890. The normalized spacial score (nSPS) is 17.6. The number of imidazole rings is 1. The summed E-state index contributed by atoms with van der Waals surface area (Å²) in [5, 5.41) is 12.5. The first-order valence-corrected chi connectivity index (χ1v) is 14.0. The van der Waals surface area contributed by atoms with E-state index in [1.807, 2.05) is 34.9 Å². The smallest absolute Gasteiger partial charge is 0.407 e. The molecule has 4 aromatic carbocycles. The second-order valence-electron chi connectivity index (χ2n) is 10.7. The Hall–Kier alpha value is -4.36. The minimum absolute atomic E-state index is 0.0510. The van der Waals surface area contributed by atoms with Crippen LogP contribution in [-0.2, 0) is 13.1 Å². The fourth-order valence-electron chi connectivity index (χ4n) is 6.29. The first-order valence-electron chi connectivity index (χ1n) is 14.0. The Labute approximate surface area is 233 Å². The molecule has 1 aliphatic heterocycles. The summed E-state index contributed by atoms with van der Waals surface area (Å²) < 4.78 is 1.83. The first-order chi connectivity index (χ1) is 19.6. The lowest BCUT2D eigenvalue weighted by Crippen LogP contribution is -2.48. The van der Waals surface area contributed by atoms with Crippen LogP contribution >= 0.6 is 0 Å². The highest BCUT2D eigenvalue weighted by Crippen LogP contribution is 2.31. The van der Waals surface area contributed by atoms with E-state index in [9.17, 15) is 14.7 Å². The van der Waals surface area contributed by atoms with E-state index in [0.717, 1.165) is 30.7 Å². The van der Waals surface area contributed by atoms with Crippen molar-refractivity contribution in [2.24, 2.45) is 0 Å². The van der Waals surface area contributed by atoms with Crippen LogP contribution in [0.1, 0.15) is 36.4 Å². The molecule has 0 spiro atoms. The number of hydrogen-bond acceptors (Lipinski definition) is 3. The summed E-state index contributed by atoms with van der Waals surface area (Å²) in [7, 11) is 0. The zero-order chi connectivity index (χ0) is 27.5. The molecule has 204 valence electrons. The molecular weight excluding hydrogens is 500 g/mol. The van der Waals surface area contributed by atoms with Gasteiger partial charge in [-0.2, -0.15) is 0 Å². The van der Waals surface area contributed by atoms with Gasteiger partial charge in [0.2, 0.25) is 0 Å². The summed E-state index contributed by atoms with van der Waals surface area (Å²) >= 11 is 0. The van der Waals surface area contributed by atoms with E-state index in [2.05, 4.69) is 76.6 Å². The fraction of sp³-hybridized carbons (Fsp3) is 0.273. The predicted octanol–water partition coefficient (Wildman–Crippen LogP) is 6.26. The van der Waals surface area contributed by atoms with Crippen molar-refractivity contribution in [3.8, 4) is 0 Å². The van der Waals surface area contributed by atoms with Gasteiger partial charge in [-0.25, -0.2) is 9.59 Å². The summed E-state index contributed by atoms with van der Waals surface area (Å²) in [5.74, 6) is 0. The minimum Gasteiger partial charge on any atom is -0.465 e. The standard InChI is InChI=1S/C33H34N4O3/c38-32-34-30-15-6-7-16-31(30)37(32)28-18-20-36(33(39)40)27(21-28)17-19-35(22-24-9-2-1-3-10-24)23-26-13-8-12-25-11-4-5-14-29(25)26/h1-16,27-28H,17-23H2,(H,34,38)(H,39,40). The third-order valence-corrected chi connectivity index (χ3v) is 8.22. The number of aromatic nitrogens is 2. The van der Waals surface area contributed by atoms with Crippen LogP contribution in [-0.4, -0.2) is 49.7 Å². The van der Waals surface area contributed by atoms with Crippen molar-refractivity contribution >= 4 is 27.9 Å². The number of hydrogen-bond donors (Lipinski definition) is 2. The van der Waals surface area contributed by atoms with Crippen LogP contribution in [0.25, 0.3) is 21.8 Å². The second kappa shape index (κ2) is 11.4. The summed E-state index contributed by atoms with van der Waals surface area (Å²) in [6.45, 7) is 2.69. The van der Waals surface area contributed by atoms with E-state index in [1.54, 1.807) is 4.90 Å². The molecule has 7 nitrogen and oxygen atoms in total. The van der Waals surface area contributed by atoms with Crippen LogP contribution < -0.4 is 5.69 Å². The largest absolute Gasteiger partial charge is 0.465 e. The van der Waals surface area contributed by atoms with Gasteiger partial charge in [0.25, 0.3) is 0 Å². The van der Waals surface area contributed by atoms with Crippen molar-refractivity contribution in [3.05, 3.63) is 119 Å². The van der Waals surface area contributed by atoms with E-state index in [4.69, 9.17) is 0 Å². The van der Waals surface area contributed by atoms with Crippen LogP contribution in [0, 0.1) is 0 Å². The molecule has 5 aromatic rings. The Morgan fingerprint density at radius 2 is 1.65 bits per heavy atom. The molecule has 0 saturated carbocycles. The van der Waals surface area contributed by atoms with E-state index < -0.39 is 6.09 Å². The number of carboxylic acid groups (broad SMARTS) is 1. The molecule has 40 heavy (non-hydrogen) atoms. The number of benzene rings is 4. The van der Waals surface area contributed by atoms with Gasteiger partial charge in [0.1, 0.15) is 0 Å². The summed E-state index contributed by atoms with van der Waals surface area (Å²) in [6, 6.07) is 32.8. The summed E-state index contributed by atoms with van der Waals surface area (Å²) in [4.78, 5) is 32.1. The Bertz CT molecular complexity index is 1670. The molecule has 2 unspecified atom stereocenters. The van der Waals surface area contributed by atoms with Crippen molar-refractivity contribution in [2.45, 2.75) is 44.4 Å². The number of amides is 1. The summed E-state index contributed by atoms with van der Waals surface area (Å²) in [5.41, 5.74) is 4.05. The Morgan fingerprint density at radius 3 is 2.50 bits per heavy atom. The quantitative estimate of drug-likeness (QED) is 0.246. The van der Waals surface area contributed by atoms with E-state index in [-0.39, 0.29) is 17.8 Å². The lowest BCUT2D eigenvalue weighted by Gasteiger charge is -2.39. The van der Waals surface area contributed by atoms with Crippen molar-refractivity contribution in [2.75, 3.05) is 13.1 Å². The van der Waals surface area contributed by atoms with Crippen LogP contribution in [0.2, 0.25) is 0 Å². The number of nitrogens with zero attached hydrogens (tertiary/aromatic N) is 3. The molecule has 6 rings (SSSR count). The first kappa shape index (κ1) is 25.9. The topological polar surface area (TPSA) is 81.6 Å². The highest BCUT2D eigenvalue weighted by molar-refractivity contribution is 5.85. The van der Waals surface area contributed by atoms with Crippen molar-refractivity contribution in [1.29, 1.82) is 0 Å². The van der Waals surface area contributed by atoms with E-state index >= 15 is 0 Å². The van der Waals surface area contributed by atoms with Gasteiger partial charge in [0, 0.05) is 38.3 Å². The average Bonchev–Trinajstić information content (AvgIpc) is 3.32. The lowest BCUT2D eigenvalue weighted by molar-refractivity contribution is 0.0812. The predicted molar refractivity (Wildman–Crippen MR) is 158 cm³/mol. The zero-order valence-electron chi connectivity index (χ0n) is 22.4. The number of H-pyrrole nitrogens is 1. The number of likely N-dealkylation sites (tertiary alicyclic amines) is 1. The molecule has 1 aromatic heterocycles. The molecule has 0 aliphatic carbocycles. The van der Waals surface area contributed by atoms with Gasteiger partial charge < -0.3 is 15.0 Å². The van der Waals surface area contributed by atoms with Gasteiger partial charge >= 0.3 is 11.8 Å². The molecule has 1 fully saturated rings. The molecule has 0 bridgehead atoms. The van der Waals surface area contributed by atoms with Crippen molar-refractivity contribution in [3.63, 3.8) is 0 Å². The summed E-state index contributed by atoms with van der Waals surface area (Å²) in [6.07, 6.45) is 1.03. The van der Waals surface area contributed by atoms with Crippen molar-refractivity contribution < 1.29 is 9.90 Å². The maximum atomic E-state index is 12.9. The number of para-hydroxylation sites is 2. The van der Waals surface area contributed by atoms with Crippen LogP contribution in [0.5, 0.6) is 0 Å². The molecule has 0 radical (unpaired) electrons. The molecule has 1 amide bonds. The monoisotopic (exact) mass is 534 g/mol. The molecule has 7 heteroatoms. The third kappa shape index (κ3) is 5.38. The molecule has 2 heterocycles. The Morgan fingerprint density at radius 1 is 0.900 bits per heavy atom. The molecular formula is C33H34N4O3. The highest BCUT2D eigenvalue weighted by atomic mass is 16.4. The van der Waals surface area contributed by atoms with Gasteiger partial charge in [-0.05, 0) is 53.3 Å². The molecule has 2 N–H and O–H groups in total.